The van der Waals surface area contributed by atoms with Crippen molar-refractivity contribution in [2.75, 3.05) is 0 Å². The predicted octanol–water partition coefficient (Wildman–Crippen LogP) is 2.73. The fraction of sp³-hybridized carbons (Fsp3) is 0.667. The van der Waals surface area contributed by atoms with Gasteiger partial charge in [-0.05, 0) is 57.5 Å². The molecule has 24 heavy (non-hydrogen) atoms. The monoisotopic (exact) mass is 397 g/mol. The van der Waals surface area contributed by atoms with Gasteiger partial charge < -0.3 is 16.0 Å². The molecule has 0 spiro atoms. The van der Waals surface area contributed by atoms with Gasteiger partial charge in [-0.1, -0.05) is 28.9 Å². The Labute approximate surface area is 152 Å². The van der Waals surface area contributed by atoms with E-state index in [4.69, 9.17) is 0 Å². The Morgan fingerprint density at radius 1 is 1.12 bits per heavy atom. The Bertz CT molecular complexity index is 577. The van der Waals surface area contributed by atoms with Gasteiger partial charge >= 0.3 is 11.8 Å². The van der Waals surface area contributed by atoms with Gasteiger partial charge in [0.15, 0.2) is 0 Å². The molecule has 2 amide bonds. The summed E-state index contributed by atoms with van der Waals surface area (Å²) in [5.41, 5.74) is 0.630. The number of carbonyl (C=O) groups is 2. The second kappa shape index (κ2) is 7.00. The van der Waals surface area contributed by atoms with Crippen LogP contribution in [0, 0.1) is 5.92 Å². The summed E-state index contributed by atoms with van der Waals surface area (Å²) in [5.74, 6) is -0.971. The number of piperidine rings is 1. The lowest BCUT2D eigenvalue weighted by Gasteiger charge is -2.46. The summed E-state index contributed by atoms with van der Waals surface area (Å²) in [4.78, 5) is 24.5. The molecular formula is C18H28BrN3O2. The van der Waals surface area contributed by atoms with E-state index in [1.165, 1.54) is 0 Å². The van der Waals surface area contributed by atoms with E-state index in [1.807, 2.05) is 19.1 Å². The van der Waals surface area contributed by atoms with Crippen LogP contribution in [-0.2, 0) is 9.59 Å². The Morgan fingerprint density at radius 3 is 2.25 bits per heavy atom. The highest BCUT2D eigenvalue weighted by molar-refractivity contribution is 9.11. The van der Waals surface area contributed by atoms with Gasteiger partial charge in [0.1, 0.15) is 0 Å². The minimum atomic E-state index is -0.589. The fourth-order valence-electron chi connectivity index (χ4n) is 3.84. The molecule has 1 unspecified atom stereocenters. The SMILES string of the molecule is CC1CC(Br)=CC=C1NC(=O)C(=O)NC1CC(C)(C)NC(C)(C)C1. The largest absolute Gasteiger partial charge is 0.345 e. The lowest BCUT2D eigenvalue weighted by Crippen LogP contribution is -2.62. The van der Waals surface area contributed by atoms with Gasteiger partial charge in [-0.25, -0.2) is 0 Å². The van der Waals surface area contributed by atoms with Gasteiger partial charge in [0.05, 0.1) is 0 Å². The smallest absolute Gasteiger partial charge is 0.313 e. The predicted molar refractivity (Wildman–Crippen MR) is 99.5 cm³/mol. The topological polar surface area (TPSA) is 70.2 Å². The average Bonchev–Trinajstić information content (AvgIpc) is 2.38. The standard InChI is InChI=1S/C18H28BrN3O2/c1-11-8-12(19)6-7-14(11)21-16(24)15(23)20-13-9-17(2,3)22-18(4,5)10-13/h6-7,11,13,22H,8-10H2,1-5H3,(H,20,23)(H,21,24). The number of hydrogen-bond acceptors (Lipinski definition) is 3. The van der Waals surface area contributed by atoms with E-state index in [-0.39, 0.29) is 23.0 Å². The van der Waals surface area contributed by atoms with E-state index in [9.17, 15) is 9.59 Å². The molecule has 0 aromatic carbocycles. The first-order valence-electron chi connectivity index (χ1n) is 8.45. The van der Waals surface area contributed by atoms with E-state index in [0.717, 1.165) is 29.4 Å². The zero-order valence-electron chi connectivity index (χ0n) is 15.1. The molecule has 1 saturated heterocycles. The van der Waals surface area contributed by atoms with Crippen molar-refractivity contribution in [2.45, 2.75) is 71.0 Å². The van der Waals surface area contributed by atoms with Gasteiger partial charge in [0.2, 0.25) is 0 Å². The van der Waals surface area contributed by atoms with Crippen molar-refractivity contribution in [1.82, 2.24) is 16.0 Å². The molecule has 1 fully saturated rings. The summed E-state index contributed by atoms with van der Waals surface area (Å²) < 4.78 is 1.09. The second-order valence-electron chi connectivity index (χ2n) is 8.27. The van der Waals surface area contributed by atoms with Crippen LogP contribution in [0.25, 0.3) is 0 Å². The minimum Gasteiger partial charge on any atom is -0.345 e. The van der Waals surface area contributed by atoms with Crippen molar-refractivity contribution in [1.29, 1.82) is 0 Å². The molecule has 1 atom stereocenters. The molecule has 5 nitrogen and oxygen atoms in total. The Morgan fingerprint density at radius 2 is 1.71 bits per heavy atom. The fourth-order valence-corrected chi connectivity index (χ4v) is 4.46. The number of hydrogen-bond donors (Lipinski definition) is 3. The van der Waals surface area contributed by atoms with Crippen molar-refractivity contribution >= 4 is 27.7 Å². The molecule has 6 heteroatoms. The summed E-state index contributed by atoms with van der Waals surface area (Å²) in [6.07, 6.45) is 6.17. The maximum absolute atomic E-state index is 12.3. The second-order valence-corrected chi connectivity index (χ2v) is 9.28. The molecule has 1 aliphatic heterocycles. The normalized spacial score (nSPS) is 26.2. The van der Waals surface area contributed by atoms with Gasteiger partial charge in [0, 0.05) is 28.7 Å². The summed E-state index contributed by atoms with van der Waals surface area (Å²) in [7, 11) is 0. The van der Waals surface area contributed by atoms with Gasteiger partial charge in [-0.2, -0.15) is 0 Å². The zero-order chi connectivity index (χ0) is 18.1. The average molecular weight is 398 g/mol. The van der Waals surface area contributed by atoms with Crippen LogP contribution in [0.15, 0.2) is 22.3 Å². The molecule has 1 heterocycles. The molecule has 134 valence electrons. The quantitative estimate of drug-likeness (QED) is 0.627. The number of rotatable bonds is 2. The summed E-state index contributed by atoms with van der Waals surface area (Å²) in [6.45, 7) is 10.5. The summed E-state index contributed by atoms with van der Waals surface area (Å²) >= 11 is 3.46. The van der Waals surface area contributed by atoms with Gasteiger partial charge in [0.25, 0.3) is 0 Å². The van der Waals surface area contributed by atoms with Crippen LogP contribution >= 0.6 is 15.9 Å². The zero-order valence-corrected chi connectivity index (χ0v) is 16.7. The van der Waals surface area contributed by atoms with Crippen molar-refractivity contribution in [3.05, 3.63) is 22.3 Å². The molecule has 0 bridgehead atoms. The Hall–Kier alpha value is -1.14. The van der Waals surface area contributed by atoms with Crippen molar-refractivity contribution < 1.29 is 9.59 Å². The molecule has 0 aromatic rings. The third-order valence-corrected chi connectivity index (χ3v) is 5.05. The number of nitrogens with one attached hydrogen (secondary N) is 3. The molecule has 3 N–H and O–H groups in total. The van der Waals surface area contributed by atoms with E-state index in [2.05, 4.69) is 59.6 Å². The highest BCUT2D eigenvalue weighted by Gasteiger charge is 2.38. The number of carbonyl (C=O) groups excluding carboxylic acids is 2. The van der Waals surface area contributed by atoms with E-state index in [0.29, 0.717) is 0 Å². The summed E-state index contributed by atoms with van der Waals surface area (Å²) in [5, 5.41) is 9.22. The van der Waals surface area contributed by atoms with Crippen molar-refractivity contribution in [2.24, 2.45) is 5.92 Å². The van der Waals surface area contributed by atoms with Gasteiger partial charge in [-0.3, -0.25) is 9.59 Å². The molecule has 2 aliphatic rings. The maximum atomic E-state index is 12.3. The number of halogens is 1. The highest BCUT2D eigenvalue weighted by Crippen LogP contribution is 2.29. The third kappa shape index (κ3) is 5.18. The first kappa shape index (κ1) is 19.2. The molecule has 0 aromatic heterocycles. The molecular weight excluding hydrogens is 370 g/mol. The molecule has 0 radical (unpaired) electrons. The maximum Gasteiger partial charge on any atom is 0.313 e. The van der Waals surface area contributed by atoms with E-state index < -0.39 is 11.8 Å². The lowest BCUT2D eigenvalue weighted by molar-refractivity contribution is -0.139. The molecule has 1 aliphatic carbocycles. The van der Waals surface area contributed by atoms with Crippen LogP contribution in [0.4, 0.5) is 0 Å². The van der Waals surface area contributed by atoms with Crippen LogP contribution in [0.1, 0.15) is 53.9 Å². The first-order chi connectivity index (χ1) is 11.0. The van der Waals surface area contributed by atoms with Crippen molar-refractivity contribution in [3.8, 4) is 0 Å². The molecule has 0 saturated carbocycles. The highest BCUT2D eigenvalue weighted by atomic mass is 79.9. The Kier molecular flexibility index (Phi) is 5.60. The third-order valence-electron chi connectivity index (χ3n) is 4.47. The first-order valence-corrected chi connectivity index (χ1v) is 9.24. The van der Waals surface area contributed by atoms with Gasteiger partial charge in [-0.15, -0.1) is 0 Å². The van der Waals surface area contributed by atoms with Crippen LogP contribution < -0.4 is 16.0 Å². The number of allylic oxidation sites excluding steroid dienone is 4. The minimum absolute atomic E-state index is 0.0127. The number of amides is 2. The van der Waals surface area contributed by atoms with Crippen LogP contribution in [-0.4, -0.2) is 28.9 Å². The van der Waals surface area contributed by atoms with Crippen LogP contribution in [0.3, 0.4) is 0 Å². The van der Waals surface area contributed by atoms with E-state index in [1.54, 1.807) is 0 Å². The molecule has 2 rings (SSSR count). The lowest BCUT2D eigenvalue weighted by atomic mass is 9.79. The van der Waals surface area contributed by atoms with Crippen molar-refractivity contribution in [3.63, 3.8) is 0 Å². The van der Waals surface area contributed by atoms with E-state index >= 15 is 0 Å². The van der Waals surface area contributed by atoms with Crippen LogP contribution in [0.5, 0.6) is 0 Å². The Balaban J connectivity index is 1.96. The van der Waals surface area contributed by atoms with Crippen LogP contribution in [0.2, 0.25) is 0 Å². The summed E-state index contributed by atoms with van der Waals surface area (Å²) in [6, 6.07) is -0.0127.